The first-order valence-corrected chi connectivity index (χ1v) is 9.17. The molecule has 1 atom stereocenters. The van der Waals surface area contributed by atoms with Gasteiger partial charge in [-0.05, 0) is 25.1 Å². The molecule has 1 aromatic rings. The second-order valence-electron chi connectivity index (χ2n) is 5.41. The average Bonchev–Trinajstić information content (AvgIpc) is 2.45. The minimum atomic E-state index is -4.69. The smallest absolute Gasteiger partial charge is 0.335 e. The number of benzene rings is 1. The molecule has 1 rings (SSSR count). The van der Waals surface area contributed by atoms with E-state index in [0.717, 1.165) is 17.2 Å². The van der Waals surface area contributed by atoms with E-state index in [2.05, 4.69) is 5.32 Å². The van der Waals surface area contributed by atoms with E-state index in [1.165, 1.54) is 20.0 Å². The lowest BCUT2D eigenvalue weighted by Crippen LogP contribution is -2.42. The molecule has 0 aromatic heterocycles. The molecule has 2 amide bonds. The Morgan fingerprint density at radius 3 is 2.36 bits per heavy atom. The normalized spacial score (nSPS) is 13.2. The minimum absolute atomic E-state index is 0.154. The summed E-state index contributed by atoms with van der Waals surface area (Å²) < 4.78 is 61.0. The molecular weight excluding hydrogens is 385 g/mol. The first-order valence-electron chi connectivity index (χ1n) is 6.84. The standard InChI is InChI=1S/C14H16ClF3N2O4S/c1-8(25(3,23)24)13(22)20(2)7-12(21)19-9-4-5-11(15)10(6-9)14(16,17)18/h4-6,8H,7H2,1-3H3,(H,19,21). The first kappa shape index (κ1) is 21.2. The van der Waals surface area contributed by atoms with Crippen molar-refractivity contribution in [2.24, 2.45) is 0 Å². The maximum absolute atomic E-state index is 12.8. The number of hydrogen-bond donors (Lipinski definition) is 1. The van der Waals surface area contributed by atoms with E-state index in [1.807, 2.05) is 0 Å². The van der Waals surface area contributed by atoms with Crippen molar-refractivity contribution in [3.8, 4) is 0 Å². The molecule has 0 aliphatic carbocycles. The van der Waals surface area contributed by atoms with E-state index in [-0.39, 0.29) is 5.69 Å². The Morgan fingerprint density at radius 2 is 1.88 bits per heavy atom. The third-order valence-electron chi connectivity index (χ3n) is 3.30. The molecule has 6 nitrogen and oxygen atoms in total. The van der Waals surface area contributed by atoms with Crippen molar-refractivity contribution in [3.05, 3.63) is 28.8 Å². The molecule has 0 spiro atoms. The Morgan fingerprint density at radius 1 is 1.32 bits per heavy atom. The number of rotatable bonds is 5. The van der Waals surface area contributed by atoms with Crippen LogP contribution in [0.3, 0.4) is 0 Å². The second-order valence-corrected chi connectivity index (χ2v) is 8.18. The van der Waals surface area contributed by atoms with Gasteiger partial charge in [-0.3, -0.25) is 9.59 Å². The summed E-state index contributed by atoms with van der Waals surface area (Å²) in [5.74, 6) is -1.59. The van der Waals surface area contributed by atoms with Gasteiger partial charge < -0.3 is 10.2 Å². The number of nitrogens with one attached hydrogen (secondary N) is 1. The fourth-order valence-corrected chi connectivity index (χ4v) is 2.58. The number of anilines is 1. The maximum Gasteiger partial charge on any atom is 0.417 e. The Hall–Kier alpha value is -1.81. The Kier molecular flexibility index (Phi) is 6.46. The summed E-state index contributed by atoms with van der Waals surface area (Å²) in [6, 6.07) is 2.83. The van der Waals surface area contributed by atoms with E-state index in [0.29, 0.717) is 6.07 Å². The molecule has 25 heavy (non-hydrogen) atoms. The largest absolute Gasteiger partial charge is 0.417 e. The summed E-state index contributed by atoms with van der Waals surface area (Å²) in [5.41, 5.74) is -1.26. The van der Waals surface area contributed by atoms with Gasteiger partial charge in [0, 0.05) is 19.0 Å². The van der Waals surface area contributed by atoms with E-state index in [9.17, 15) is 31.2 Å². The van der Waals surface area contributed by atoms with E-state index >= 15 is 0 Å². The lowest BCUT2D eigenvalue weighted by atomic mass is 10.2. The second kappa shape index (κ2) is 7.61. The van der Waals surface area contributed by atoms with E-state index < -0.39 is 50.2 Å². The van der Waals surface area contributed by atoms with Crippen LogP contribution in [-0.4, -0.2) is 50.2 Å². The number of amides is 2. The van der Waals surface area contributed by atoms with Gasteiger partial charge in [0.2, 0.25) is 11.8 Å². The zero-order valence-electron chi connectivity index (χ0n) is 13.5. The van der Waals surface area contributed by atoms with Gasteiger partial charge in [0.1, 0.15) is 5.25 Å². The fourth-order valence-electron chi connectivity index (χ4n) is 1.81. The van der Waals surface area contributed by atoms with Gasteiger partial charge >= 0.3 is 6.18 Å². The van der Waals surface area contributed by atoms with Crippen LogP contribution in [0.2, 0.25) is 5.02 Å². The Labute approximate surface area is 147 Å². The van der Waals surface area contributed by atoms with Gasteiger partial charge in [0.25, 0.3) is 0 Å². The monoisotopic (exact) mass is 400 g/mol. The molecule has 11 heteroatoms. The van der Waals surface area contributed by atoms with Crippen molar-refractivity contribution in [1.82, 2.24) is 4.90 Å². The molecule has 140 valence electrons. The van der Waals surface area contributed by atoms with Crippen molar-refractivity contribution in [2.45, 2.75) is 18.3 Å². The lowest BCUT2D eigenvalue weighted by molar-refractivity contribution is -0.137. The molecule has 0 radical (unpaired) electrons. The zero-order chi connectivity index (χ0) is 19.6. The first-order chi connectivity index (χ1) is 11.2. The molecular formula is C14H16ClF3N2O4S. The van der Waals surface area contributed by atoms with Crippen LogP contribution in [0.25, 0.3) is 0 Å². The molecule has 1 aromatic carbocycles. The highest BCUT2D eigenvalue weighted by Gasteiger charge is 2.33. The average molecular weight is 401 g/mol. The highest BCUT2D eigenvalue weighted by Crippen LogP contribution is 2.36. The molecule has 1 N–H and O–H groups in total. The fraction of sp³-hybridized carbons (Fsp3) is 0.429. The lowest BCUT2D eigenvalue weighted by Gasteiger charge is -2.20. The number of carbonyl (C=O) groups is 2. The summed E-state index contributed by atoms with van der Waals surface area (Å²) in [5, 5.41) is 0.355. The molecule has 0 fully saturated rings. The Balaban J connectivity index is 2.82. The highest BCUT2D eigenvalue weighted by atomic mass is 35.5. The molecule has 0 saturated carbocycles. The SMILES string of the molecule is CC(C(=O)N(C)CC(=O)Nc1ccc(Cl)c(C(F)(F)F)c1)S(C)(=O)=O. The summed E-state index contributed by atoms with van der Waals surface area (Å²) in [6.07, 6.45) is -3.80. The van der Waals surface area contributed by atoms with Crippen LogP contribution >= 0.6 is 11.6 Å². The van der Waals surface area contributed by atoms with Crippen LogP contribution in [0.1, 0.15) is 12.5 Å². The van der Waals surface area contributed by atoms with Crippen molar-refractivity contribution >= 4 is 38.9 Å². The molecule has 0 saturated heterocycles. The third-order valence-corrected chi connectivity index (χ3v) is 5.12. The molecule has 0 aliphatic rings. The number of hydrogen-bond acceptors (Lipinski definition) is 4. The van der Waals surface area contributed by atoms with Crippen LogP contribution in [0, 0.1) is 0 Å². The predicted octanol–water partition coefficient (Wildman–Crippen LogP) is 2.19. The number of likely N-dealkylation sites (N-methyl/N-ethyl adjacent to an activating group) is 1. The number of nitrogens with zero attached hydrogens (tertiary/aromatic N) is 1. The minimum Gasteiger partial charge on any atom is -0.335 e. The van der Waals surface area contributed by atoms with Crippen molar-refractivity contribution < 1.29 is 31.2 Å². The molecule has 0 heterocycles. The summed E-state index contributed by atoms with van der Waals surface area (Å²) in [7, 11) is -2.42. The molecule has 1 unspecified atom stereocenters. The van der Waals surface area contributed by atoms with Crippen LogP contribution in [0.15, 0.2) is 18.2 Å². The van der Waals surface area contributed by atoms with Crippen molar-refractivity contribution in [2.75, 3.05) is 25.2 Å². The summed E-state index contributed by atoms with van der Waals surface area (Å²) in [4.78, 5) is 24.7. The Bertz CT molecular complexity index is 781. The number of sulfone groups is 1. The zero-order valence-corrected chi connectivity index (χ0v) is 15.1. The van der Waals surface area contributed by atoms with Crippen molar-refractivity contribution in [3.63, 3.8) is 0 Å². The number of alkyl halides is 3. The van der Waals surface area contributed by atoms with Gasteiger partial charge in [-0.2, -0.15) is 13.2 Å². The van der Waals surface area contributed by atoms with Gasteiger partial charge in [0.05, 0.1) is 17.1 Å². The van der Waals surface area contributed by atoms with Gasteiger partial charge in [0.15, 0.2) is 9.84 Å². The maximum atomic E-state index is 12.8. The van der Waals surface area contributed by atoms with Gasteiger partial charge in [-0.15, -0.1) is 0 Å². The van der Waals surface area contributed by atoms with Crippen molar-refractivity contribution in [1.29, 1.82) is 0 Å². The quantitative estimate of drug-likeness (QED) is 0.821. The highest BCUT2D eigenvalue weighted by molar-refractivity contribution is 7.92. The van der Waals surface area contributed by atoms with Crippen LogP contribution in [0.5, 0.6) is 0 Å². The predicted molar refractivity (Wildman–Crippen MR) is 87.0 cm³/mol. The van der Waals surface area contributed by atoms with Crippen LogP contribution < -0.4 is 5.32 Å². The van der Waals surface area contributed by atoms with Crippen LogP contribution in [0.4, 0.5) is 18.9 Å². The topological polar surface area (TPSA) is 83.6 Å². The number of carbonyl (C=O) groups excluding carboxylic acids is 2. The molecule has 0 bridgehead atoms. The van der Waals surface area contributed by atoms with E-state index in [1.54, 1.807) is 0 Å². The van der Waals surface area contributed by atoms with E-state index in [4.69, 9.17) is 11.6 Å². The van der Waals surface area contributed by atoms with Crippen LogP contribution in [-0.2, 0) is 25.6 Å². The molecule has 0 aliphatic heterocycles. The van der Waals surface area contributed by atoms with Gasteiger partial charge in [-0.1, -0.05) is 11.6 Å². The summed E-state index contributed by atoms with van der Waals surface area (Å²) >= 11 is 5.48. The number of halogens is 4. The third kappa shape index (κ3) is 5.89. The summed E-state index contributed by atoms with van der Waals surface area (Å²) in [6.45, 7) is 0.656. The van der Waals surface area contributed by atoms with Gasteiger partial charge in [-0.25, -0.2) is 8.42 Å².